The van der Waals surface area contributed by atoms with E-state index in [0.29, 0.717) is 0 Å². The number of fused-ring (bicyclic) bond motifs is 6. The van der Waals surface area contributed by atoms with Crippen molar-refractivity contribution in [2.45, 2.75) is 49.1 Å². The Balaban J connectivity index is 2.28. The van der Waals surface area contributed by atoms with Gasteiger partial charge in [0.2, 0.25) is 0 Å². The molecule has 0 N–H and O–H groups in total. The van der Waals surface area contributed by atoms with Gasteiger partial charge in [0, 0.05) is 28.7 Å². The second-order valence-corrected chi connectivity index (χ2v) is 12.6. The largest absolute Gasteiger partial charge is 0.459 e. The highest BCUT2D eigenvalue weighted by atomic mass is 79.9. The molecule has 4 bridgehead atoms. The Kier molecular flexibility index (Phi) is 8.56. The molecule has 2 aromatic carbocycles. The Morgan fingerprint density at radius 1 is 0.391 bits per heavy atom. The smallest absolute Gasteiger partial charge is 0.269 e. The third kappa shape index (κ3) is 4.88. The Hall–Kier alpha value is -2.08. The fraction of sp³-hybridized carbons (Fsp3) is 0.364. The van der Waals surface area contributed by atoms with Crippen LogP contribution in [0, 0.1) is 0 Å². The number of hydrogen-bond acceptors (Lipinski definition) is 4. The monoisotopic (exact) mass is 942 g/mol. The lowest BCUT2D eigenvalue weighted by atomic mass is 10.00. The van der Waals surface area contributed by atoms with Crippen LogP contribution < -0.4 is 22.2 Å². The Morgan fingerprint density at radius 3 is 0.761 bits per heavy atom. The molecule has 6 nitrogen and oxygen atoms in total. The standard InChI is InChI=1S/C22H4Br4F14N2O4/c23-9-5-3-4(6(10(9)24)14(44)41(13(5)43)1-17(27,28)19(31,32)21(35,36)37)8-12(26)11(25)7(3)15(45)42(16(8)46)2-18(29,30)20(33,34)22(38,39)40/h1-2H2. The average Bonchev–Trinajstić information content (AvgIpc) is 3.09. The van der Waals surface area contributed by atoms with Crippen molar-refractivity contribution in [3.05, 3.63) is 59.3 Å². The van der Waals surface area contributed by atoms with Crippen LogP contribution in [-0.4, -0.2) is 45.2 Å². The molecule has 0 aliphatic rings. The molecule has 0 fully saturated rings. The topological polar surface area (TPSA) is 78.1 Å². The van der Waals surface area contributed by atoms with Crippen molar-refractivity contribution in [3.63, 3.8) is 0 Å². The molecule has 0 aliphatic carbocycles. The molecule has 0 aliphatic heterocycles. The highest BCUT2D eigenvalue weighted by molar-refractivity contribution is 9.13. The van der Waals surface area contributed by atoms with Gasteiger partial charge in [0.1, 0.15) is 0 Å². The van der Waals surface area contributed by atoms with Crippen LogP contribution in [0.15, 0.2) is 37.1 Å². The minimum absolute atomic E-state index is 0.689. The van der Waals surface area contributed by atoms with Crippen LogP contribution in [0.3, 0.4) is 0 Å². The summed E-state index contributed by atoms with van der Waals surface area (Å²) in [6, 6.07) is 0. The zero-order chi connectivity index (χ0) is 35.7. The van der Waals surface area contributed by atoms with Crippen molar-refractivity contribution < 1.29 is 61.5 Å². The van der Waals surface area contributed by atoms with Gasteiger partial charge >= 0.3 is 36.0 Å². The zero-order valence-electron chi connectivity index (χ0n) is 20.7. The van der Waals surface area contributed by atoms with Crippen LogP contribution in [0.5, 0.6) is 0 Å². The first-order valence-electron chi connectivity index (χ1n) is 11.2. The van der Waals surface area contributed by atoms with E-state index in [0.717, 1.165) is 0 Å². The third-order valence-electron chi connectivity index (χ3n) is 6.69. The molecule has 0 amide bonds. The molecule has 0 radical (unpaired) electrons. The maximum atomic E-state index is 14.4. The molecule has 0 spiro atoms. The van der Waals surface area contributed by atoms with Crippen LogP contribution in [0.25, 0.3) is 32.3 Å². The van der Waals surface area contributed by atoms with Crippen molar-refractivity contribution in [2.75, 3.05) is 0 Å². The van der Waals surface area contributed by atoms with Gasteiger partial charge in [-0.05, 0) is 63.7 Å². The van der Waals surface area contributed by atoms with Crippen molar-refractivity contribution in [2.24, 2.45) is 0 Å². The van der Waals surface area contributed by atoms with Crippen LogP contribution in [-0.2, 0) is 13.1 Å². The molecular formula is C22H4Br4F14N2O4. The second kappa shape index (κ2) is 10.7. The molecule has 0 saturated carbocycles. The normalized spacial score (nSPS) is 14.4. The molecule has 0 saturated heterocycles. The number of benzene rings is 2. The first kappa shape index (κ1) is 36.8. The summed E-state index contributed by atoms with van der Waals surface area (Å²) in [6.45, 7) is -5.89. The highest BCUT2D eigenvalue weighted by Crippen LogP contribution is 2.49. The molecule has 6 aromatic rings. The van der Waals surface area contributed by atoms with Gasteiger partial charge in [-0.25, -0.2) is 0 Å². The molecule has 6 rings (SSSR count). The van der Waals surface area contributed by atoms with Gasteiger partial charge in [-0.3, -0.25) is 28.3 Å². The van der Waals surface area contributed by atoms with E-state index < -0.39 is 131 Å². The van der Waals surface area contributed by atoms with Crippen LogP contribution in [0.4, 0.5) is 61.5 Å². The summed E-state index contributed by atoms with van der Waals surface area (Å²) in [7, 11) is 0. The number of halogens is 18. The Labute approximate surface area is 274 Å². The van der Waals surface area contributed by atoms with Crippen molar-refractivity contribution in [3.8, 4) is 0 Å². The van der Waals surface area contributed by atoms with Crippen molar-refractivity contribution in [1.82, 2.24) is 9.13 Å². The van der Waals surface area contributed by atoms with E-state index in [1.807, 2.05) is 0 Å². The predicted molar refractivity (Wildman–Crippen MR) is 145 cm³/mol. The first-order valence-corrected chi connectivity index (χ1v) is 14.4. The van der Waals surface area contributed by atoms with E-state index in [4.69, 9.17) is 0 Å². The van der Waals surface area contributed by atoms with E-state index >= 15 is 0 Å². The molecule has 0 unspecified atom stereocenters. The molecule has 0 atom stereocenters. The Morgan fingerprint density at radius 2 is 0.587 bits per heavy atom. The maximum Gasteiger partial charge on any atom is 0.459 e. The summed E-state index contributed by atoms with van der Waals surface area (Å²) in [5.41, 5.74) is -8.43. The van der Waals surface area contributed by atoms with Gasteiger partial charge < -0.3 is 0 Å². The van der Waals surface area contributed by atoms with Crippen molar-refractivity contribution >= 4 is 96.0 Å². The minimum atomic E-state index is -6.90. The van der Waals surface area contributed by atoms with E-state index in [9.17, 15) is 80.6 Å². The summed E-state index contributed by atoms with van der Waals surface area (Å²) in [5.74, 6) is -26.1. The summed E-state index contributed by atoms with van der Waals surface area (Å²) >= 11 is 11.0. The summed E-state index contributed by atoms with van der Waals surface area (Å²) in [6.07, 6.45) is -13.8. The molecule has 4 heterocycles. The van der Waals surface area contributed by atoms with Gasteiger partial charge in [-0.2, -0.15) is 61.5 Å². The predicted octanol–water partition coefficient (Wildman–Crippen LogP) is 7.78. The minimum Gasteiger partial charge on any atom is -0.269 e. The number of hydrogen-bond donors (Lipinski definition) is 0. The lowest BCUT2D eigenvalue weighted by Gasteiger charge is -2.28. The van der Waals surface area contributed by atoms with E-state index in [2.05, 4.69) is 63.7 Å². The first-order chi connectivity index (χ1) is 20.5. The Bertz CT molecular complexity index is 1920. The summed E-state index contributed by atoms with van der Waals surface area (Å²) < 4.78 is 185. The molecule has 24 heteroatoms. The zero-order valence-corrected chi connectivity index (χ0v) is 27.1. The quantitative estimate of drug-likeness (QED) is 0.185. The maximum absolute atomic E-state index is 14.4. The van der Waals surface area contributed by atoms with E-state index in [1.165, 1.54) is 0 Å². The van der Waals surface area contributed by atoms with Gasteiger partial charge in [-0.1, -0.05) is 0 Å². The molecule has 46 heavy (non-hydrogen) atoms. The van der Waals surface area contributed by atoms with Gasteiger partial charge in [-0.15, -0.1) is 0 Å². The van der Waals surface area contributed by atoms with Crippen LogP contribution in [0.2, 0.25) is 0 Å². The lowest BCUT2D eigenvalue weighted by Crippen LogP contribution is -2.55. The average molecular weight is 946 g/mol. The summed E-state index contributed by atoms with van der Waals surface area (Å²) in [5, 5.41) is -6.78. The fourth-order valence-corrected chi connectivity index (χ4v) is 6.72. The summed E-state index contributed by atoms with van der Waals surface area (Å²) in [4.78, 5) is 53.8. The van der Waals surface area contributed by atoms with Crippen LogP contribution >= 0.6 is 63.7 Å². The highest BCUT2D eigenvalue weighted by Gasteiger charge is 2.74. The number of rotatable bonds is 6. The van der Waals surface area contributed by atoms with E-state index in [-0.39, 0.29) is 0 Å². The number of nitrogens with zero attached hydrogens (tertiary/aromatic N) is 2. The number of aromatic nitrogens is 2. The second-order valence-electron chi connectivity index (χ2n) is 9.45. The third-order valence-corrected chi connectivity index (χ3v) is 10.9. The molecule has 252 valence electrons. The van der Waals surface area contributed by atoms with Crippen LogP contribution in [0.1, 0.15) is 0 Å². The SMILES string of the molecule is O=c1c2c(Br)c(Br)c(c(=O)n1CC(F)(F)C(F)(F)C(F)(F)F)c1c3c(Br)c(Br)c(c(=O)n(CC(F)(F)C(F)(F)C(F)(F)F)c3=O)c21. The van der Waals surface area contributed by atoms with Gasteiger partial charge in [0.15, 0.2) is 0 Å². The fourth-order valence-electron chi connectivity index (χ4n) is 4.45. The van der Waals surface area contributed by atoms with Crippen molar-refractivity contribution in [1.29, 1.82) is 0 Å². The molecule has 4 aromatic heterocycles. The lowest BCUT2D eigenvalue weighted by molar-refractivity contribution is -0.357. The molecular weight excluding hydrogens is 942 g/mol. The number of alkyl halides is 14. The van der Waals surface area contributed by atoms with Gasteiger partial charge in [0.25, 0.3) is 22.2 Å². The van der Waals surface area contributed by atoms with E-state index in [1.54, 1.807) is 0 Å². The van der Waals surface area contributed by atoms with Gasteiger partial charge in [0.05, 0.1) is 34.6 Å².